The summed E-state index contributed by atoms with van der Waals surface area (Å²) in [4.78, 5) is 25.7. The zero-order chi connectivity index (χ0) is 13.8. The largest absolute Gasteiger partial charge is 0.383 e. The van der Waals surface area contributed by atoms with Gasteiger partial charge in [-0.1, -0.05) is 18.2 Å². The van der Waals surface area contributed by atoms with E-state index in [1.807, 2.05) is 18.2 Å². The Bertz CT molecular complexity index is 487. The van der Waals surface area contributed by atoms with Crippen molar-refractivity contribution in [3.8, 4) is 0 Å². The molecule has 1 heterocycles. The highest BCUT2D eigenvalue weighted by Gasteiger charge is 2.31. The summed E-state index contributed by atoms with van der Waals surface area (Å²) >= 11 is 0. The molecule has 1 aromatic rings. The monoisotopic (exact) mass is 262 g/mol. The molecule has 1 N–H and O–H groups in total. The summed E-state index contributed by atoms with van der Waals surface area (Å²) in [5, 5.41) is 3.04. The van der Waals surface area contributed by atoms with Gasteiger partial charge in [-0.05, 0) is 18.7 Å². The van der Waals surface area contributed by atoms with Crippen molar-refractivity contribution < 1.29 is 14.3 Å². The van der Waals surface area contributed by atoms with Crippen LogP contribution in [0.15, 0.2) is 24.3 Å². The van der Waals surface area contributed by atoms with E-state index in [0.29, 0.717) is 18.7 Å². The van der Waals surface area contributed by atoms with Crippen LogP contribution in [0, 0.1) is 0 Å². The SMILES string of the molecule is CNC(COC)CN1C(=O)Cc2ccccc2C1=O. The molecule has 1 aliphatic rings. The van der Waals surface area contributed by atoms with E-state index in [1.165, 1.54) is 4.90 Å². The summed E-state index contributed by atoms with van der Waals surface area (Å²) in [7, 11) is 3.38. The van der Waals surface area contributed by atoms with Crippen molar-refractivity contribution in [2.45, 2.75) is 12.5 Å². The molecule has 0 fully saturated rings. The summed E-state index contributed by atoms with van der Waals surface area (Å²) in [6.45, 7) is 0.783. The van der Waals surface area contributed by atoms with Gasteiger partial charge in [-0.3, -0.25) is 14.5 Å². The fourth-order valence-corrected chi connectivity index (χ4v) is 2.23. The van der Waals surface area contributed by atoms with E-state index in [9.17, 15) is 9.59 Å². The highest BCUT2D eigenvalue weighted by atomic mass is 16.5. The summed E-state index contributed by atoms with van der Waals surface area (Å²) in [5.41, 5.74) is 1.43. The molecular formula is C14H18N2O3. The molecule has 2 amide bonds. The van der Waals surface area contributed by atoms with Crippen LogP contribution in [0.25, 0.3) is 0 Å². The molecule has 102 valence electrons. The van der Waals surface area contributed by atoms with Crippen molar-refractivity contribution in [2.75, 3.05) is 27.3 Å². The van der Waals surface area contributed by atoms with Gasteiger partial charge in [0.25, 0.3) is 5.91 Å². The lowest BCUT2D eigenvalue weighted by molar-refractivity contribution is -0.128. The van der Waals surface area contributed by atoms with E-state index in [2.05, 4.69) is 5.32 Å². The first-order chi connectivity index (χ1) is 9.17. The summed E-state index contributed by atoms with van der Waals surface area (Å²) in [6, 6.07) is 7.20. The zero-order valence-corrected chi connectivity index (χ0v) is 11.2. The molecule has 2 rings (SSSR count). The highest BCUT2D eigenvalue weighted by Crippen LogP contribution is 2.19. The Morgan fingerprint density at radius 3 is 2.79 bits per heavy atom. The van der Waals surface area contributed by atoms with Gasteiger partial charge >= 0.3 is 0 Å². The van der Waals surface area contributed by atoms with E-state index in [4.69, 9.17) is 4.74 Å². The van der Waals surface area contributed by atoms with E-state index < -0.39 is 0 Å². The molecule has 0 saturated carbocycles. The van der Waals surface area contributed by atoms with Crippen LogP contribution < -0.4 is 5.32 Å². The van der Waals surface area contributed by atoms with Crippen LogP contribution in [0.1, 0.15) is 15.9 Å². The number of hydrogen-bond acceptors (Lipinski definition) is 4. The number of imide groups is 1. The lowest BCUT2D eigenvalue weighted by Gasteiger charge is -2.29. The summed E-state index contributed by atoms with van der Waals surface area (Å²) in [5.74, 6) is -0.372. The van der Waals surface area contributed by atoms with E-state index in [0.717, 1.165) is 5.56 Å². The molecule has 1 aromatic carbocycles. The van der Waals surface area contributed by atoms with Crippen LogP contribution in [0.5, 0.6) is 0 Å². The van der Waals surface area contributed by atoms with E-state index >= 15 is 0 Å². The van der Waals surface area contributed by atoms with Crippen LogP contribution in [0.2, 0.25) is 0 Å². The Kier molecular flexibility index (Phi) is 4.29. The minimum atomic E-state index is -0.219. The number of nitrogens with zero attached hydrogens (tertiary/aromatic N) is 1. The molecule has 0 saturated heterocycles. The van der Waals surface area contributed by atoms with Crippen molar-refractivity contribution in [2.24, 2.45) is 0 Å². The van der Waals surface area contributed by atoms with Crippen LogP contribution in [0.4, 0.5) is 0 Å². The lowest BCUT2D eigenvalue weighted by Crippen LogP contribution is -2.50. The minimum Gasteiger partial charge on any atom is -0.383 e. The maximum Gasteiger partial charge on any atom is 0.260 e. The van der Waals surface area contributed by atoms with Gasteiger partial charge in [0.05, 0.1) is 13.0 Å². The van der Waals surface area contributed by atoms with Gasteiger partial charge in [0, 0.05) is 25.3 Å². The molecule has 0 bridgehead atoms. The number of amides is 2. The van der Waals surface area contributed by atoms with Crippen molar-refractivity contribution in [3.63, 3.8) is 0 Å². The number of methoxy groups -OCH3 is 1. The van der Waals surface area contributed by atoms with Crippen molar-refractivity contribution >= 4 is 11.8 Å². The molecule has 0 radical (unpaired) electrons. The highest BCUT2D eigenvalue weighted by molar-refractivity contribution is 6.09. The standard InChI is InChI=1S/C14H18N2O3/c1-15-11(9-19-2)8-16-13(17)7-10-5-3-4-6-12(10)14(16)18/h3-6,11,15H,7-9H2,1-2H3. The van der Waals surface area contributed by atoms with Crippen molar-refractivity contribution in [1.82, 2.24) is 10.2 Å². The first-order valence-corrected chi connectivity index (χ1v) is 6.26. The van der Waals surface area contributed by atoms with Crippen LogP contribution in [-0.2, 0) is 16.0 Å². The molecule has 19 heavy (non-hydrogen) atoms. The van der Waals surface area contributed by atoms with Crippen molar-refractivity contribution in [1.29, 1.82) is 0 Å². The Hall–Kier alpha value is -1.72. The summed E-state index contributed by atoms with van der Waals surface area (Å²) in [6.07, 6.45) is 0.283. The molecule has 1 aliphatic heterocycles. The number of carbonyl (C=O) groups excluding carboxylic acids is 2. The fraction of sp³-hybridized carbons (Fsp3) is 0.429. The first-order valence-electron chi connectivity index (χ1n) is 6.26. The van der Waals surface area contributed by atoms with Crippen LogP contribution in [-0.4, -0.2) is 50.1 Å². The number of rotatable bonds is 5. The van der Waals surface area contributed by atoms with Gasteiger partial charge < -0.3 is 10.1 Å². The van der Waals surface area contributed by atoms with Gasteiger partial charge in [-0.2, -0.15) is 0 Å². The second-order valence-electron chi connectivity index (χ2n) is 4.58. The average molecular weight is 262 g/mol. The average Bonchev–Trinajstić information content (AvgIpc) is 2.42. The third-order valence-electron chi connectivity index (χ3n) is 3.31. The van der Waals surface area contributed by atoms with Gasteiger partial charge in [-0.15, -0.1) is 0 Å². The molecular weight excluding hydrogens is 244 g/mol. The van der Waals surface area contributed by atoms with Gasteiger partial charge in [-0.25, -0.2) is 0 Å². The molecule has 5 heteroatoms. The number of benzene rings is 1. The van der Waals surface area contributed by atoms with Gasteiger partial charge in [0.1, 0.15) is 0 Å². The maximum atomic E-state index is 12.3. The number of carbonyl (C=O) groups is 2. The number of likely N-dealkylation sites (N-methyl/N-ethyl adjacent to an activating group) is 1. The minimum absolute atomic E-state index is 0.0526. The van der Waals surface area contributed by atoms with Gasteiger partial charge in [0.15, 0.2) is 0 Å². The number of fused-ring (bicyclic) bond motifs is 1. The smallest absolute Gasteiger partial charge is 0.260 e. The summed E-state index contributed by atoms with van der Waals surface area (Å²) < 4.78 is 5.06. The normalized spacial score (nSPS) is 16.4. The first kappa shape index (κ1) is 13.7. The fourth-order valence-electron chi connectivity index (χ4n) is 2.23. The molecule has 0 spiro atoms. The van der Waals surface area contributed by atoms with Crippen LogP contribution >= 0.6 is 0 Å². The molecule has 5 nitrogen and oxygen atoms in total. The predicted octanol–water partition coefficient (Wildman–Crippen LogP) is 0.446. The topological polar surface area (TPSA) is 58.6 Å². The third-order valence-corrected chi connectivity index (χ3v) is 3.31. The van der Waals surface area contributed by atoms with Gasteiger partial charge in [0.2, 0.25) is 5.91 Å². The van der Waals surface area contributed by atoms with Crippen LogP contribution in [0.3, 0.4) is 0 Å². The maximum absolute atomic E-state index is 12.3. The zero-order valence-electron chi connectivity index (χ0n) is 11.2. The second-order valence-corrected chi connectivity index (χ2v) is 4.58. The number of nitrogens with one attached hydrogen (secondary N) is 1. The number of ether oxygens (including phenoxy) is 1. The predicted molar refractivity (Wildman–Crippen MR) is 70.9 cm³/mol. The molecule has 1 atom stereocenters. The Morgan fingerprint density at radius 1 is 1.37 bits per heavy atom. The Morgan fingerprint density at radius 2 is 2.11 bits per heavy atom. The molecule has 0 aliphatic carbocycles. The second kappa shape index (κ2) is 5.95. The van der Waals surface area contributed by atoms with E-state index in [-0.39, 0.29) is 24.3 Å². The van der Waals surface area contributed by atoms with E-state index in [1.54, 1.807) is 20.2 Å². The third kappa shape index (κ3) is 2.83. The quantitative estimate of drug-likeness (QED) is 0.783. The Labute approximate surface area is 112 Å². The number of hydrogen-bond donors (Lipinski definition) is 1. The lowest BCUT2D eigenvalue weighted by atomic mass is 9.98. The molecule has 0 aromatic heterocycles. The molecule has 1 unspecified atom stereocenters. The Balaban J connectivity index is 2.19. The van der Waals surface area contributed by atoms with Crippen molar-refractivity contribution in [3.05, 3.63) is 35.4 Å².